The molecule has 0 saturated carbocycles. The summed E-state index contributed by atoms with van der Waals surface area (Å²) in [4.78, 5) is 17.3. The van der Waals surface area contributed by atoms with E-state index in [1.165, 1.54) is 0 Å². The Labute approximate surface area is 128 Å². The van der Waals surface area contributed by atoms with Gasteiger partial charge in [-0.25, -0.2) is 15.0 Å². The Morgan fingerprint density at radius 1 is 1.05 bits per heavy atom. The van der Waals surface area contributed by atoms with E-state index in [0.717, 1.165) is 37.9 Å². The van der Waals surface area contributed by atoms with E-state index >= 15 is 0 Å². The first-order valence-corrected chi connectivity index (χ1v) is 7.19. The van der Waals surface area contributed by atoms with E-state index in [1.807, 2.05) is 12.1 Å². The average Bonchev–Trinajstić information content (AvgIpc) is 2.56. The van der Waals surface area contributed by atoms with Crippen molar-refractivity contribution < 1.29 is 5.11 Å². The molecule has 1 aliphatic heterocycles. The number of anilines is 2. The molecule has 0 radical (unpaired) electrons. The summed E-state index contributed by atoms with van der Waals surface area (Å²) >= 11 is 5.97. The van der Waals surface area contributed by atoms with Crippen molar-refractivity contribution in [1.29, 1.82) is 0 Å². The second-order valence-corrected chi connectivity index (χ2v) is 5.19. The first-order valence-electron chi connectivity index (χ1n) is 6.81. The van der Waals surface area contributed by atoms with Crippen molar-refractivity contribution in [2.45, 2.75) is 6.61 Å². The van der Waals surface area contributed by atoms with E-state index in [9.17, 15) is 5.11 Å². The van der Waals surface area contributed by atoms with Crippen LogP contribution in [0.3, 0.4) is 0 Å². The first-order chi connectivity index (χ1) is 10.3. The van der Waals surface area contributed by atoms with Crippen LogP contribution in [0.5, 0.6) is 0 Å². The minimum atomic E-state index is -0.148. The predicted octanol–water partition coefficient (Wildman–Crippen LogP) is 1.34. The zero-order valence-electron chi connectivity index (χ0n) is 11.5. The van der Waals surface area contributed by atoms with Gasteiger partial charge in [0.05, 0.1) is 17.3 Å². The molecule has 3 heterocycles. The summed E-state index contributed by atoms with van der Waals surface area (Å²) in [6.07, 6.45) is 3.51. The van der Waals surface area contributed by atoms with Crippen molar-refractivity contribution in [3.8, 4) is 0 Å². The number of hydrogen-bond acceptors (Lipinski definition) is 6. The minimum absolute atomic E-state index is 0.148. The Morgan fingerprint density at radius 3 is 2.38 bits per heavy atom. The third-order valence-corrected chi connectivity index (χ3v) is 3.84. The maximum atomic E-state index is 9.24. The molecule has 2 aromatic heterocycles. The van der Waals surface area contributed by atoms with Crippen molar-refractivity contribution in [2.24, 2.45) is 0 Å². The van der Waals surface area contributed by atoms with Gasteiger partial charge in [0.2, 0.25) is 5.95 Å². The van der Waals surface area contributed by atoms with Gasteiger partial charge in [-0.15, -0.1) is 0 Å². The molecule has 0 aliphatic carbocycles. The Hall–Kier alpha value is -1.92. The molecule has 6 nitrogen and oxygen atoms in total. The third-order valence-electron chi connectivity index (χ3n) is 3.49. The summed E-state index contributed by atoms with van der Waals surface area (Å²) in [6, 6.07) is 5.48. The lowest BCUT2D eigenvalue weighted by atomic mass is 10.3. The van der Waals surface area contributed by atoms with Crippen LogP contribution >= 0.6 is 11.6 Å². The Bertz CT molecular complexity index is 602. The van der Waals surface area contributed by atoms with Crippen LogP contribution in [0.15, 0.2) is 30.6 Å². The molecular formula is C14H16ClN5O. The van der Waals surface area contributed by atoms with E-state index in [-0.39, 0.29) is 6.61 Å². The molecule has 1 fully saturated rings. The van der Waals surface area contributed by atoms with Crippen molar-refractivity contribution >= 4 is 23.4 Å². The summed E-state index contributed by atoms with van der Waals surface area (Å²) in [6.45, 7) is 3.19. The summed E-state index contributed by atoms with van der Waals surface area (Å²) in [5.74, 6) is 1.61. The zero-order chi connectivity index (χ0) is 14.7. The van der Waals surface area contributed by atoms with Gasteiger partial charge in [-0.3, -0.25) is 0 Å². The molecule has 110 valence electrons. The zero-order valence-corrected chi connectivity index (χ0v) is 12.2. The van der Waals surface area contributed by atoms with E-state index in [4.69, 9.17) is 11.6 Å². The number of halogens is 1. The maximum absolute atomic E-state index is 9.24. The standard InChI is InChI=1S/C14H16ClN5O/c15-11-2-3-13(18-12(11)10-21)19-6-8-20(9-7-19)14-16-4-1-5-17-14/h1-5,21H,6-10H2. The van der Waals surface area contributed by atoms with Gasteiger partial charge < -0.3 is 14.9 Å². The number of aromatic nitrogens is 3. The van der Waals surface area contributed by atoms with Gasteiger partial charge in [-0.1, -0.05) is 11.6 Å². The summed E-state index contributed by atoms with van der Waals surface area (Å²) in [7, 11) is 0. The van der Waals surface area contributed by atoms with Crippen LogP contribution in [0.4, 0.5) is 11.8 Å². The minimum Gasteiger partial charge on any atom is -0.390 e. The number of rotatable bonds is 3. The smallest absolute Gasteiger partial charge is 0.225 e. The molecule has 21 heavy (non-hydrogen) atoms. The second-order valence-electron chi connectivity index (χ2n) is 4.78. The van der Waals surface area contributed by atoms with Gasteiger partial charge in [0.1, 0.15) is 5.82 Å². The Morgan fingerprint density at radius 2 is 1.71 bits per heavy atom. The van der Waals surface area contributed by atoms with E-state index < -0.39 is 0 Å². The molecular weight excluding hydrogens is 290 g/mol. The molecule has 1 aliphatic rings. The molecule has 0 bridgehead atoms. The molecule has 0 spiro atoms. The third kappa shape index (κ3) is 3.06. The molecule has 0 aromatic carbocycles. The lowest BCUT2D eigenvalue weighted by molar-refractivity contribution is 0.277. The summed E-state index contributed by atoms with van der Waals surface area (Å²) in [5, 5.41) is 9.74. The number of aliphatic hydroxyl groups is 1. The van der Waals surface area contributed by atoms with Crippen LogP contribution in [0, 0.1) is 0 Å². The number of piperazine rings is 1. The van der Waals surface area contributed by atoms with Crippen molar-refractivity contribution in [1.82, 2.24) is 15.0 Å². The van der Waals surface area contributed by atoms with Crippen LogP contribution in [-0.2, 0) is 6.61 Å². The monoisotopic (exact) mass is 305 g/mol. The van der Waals surface area contributed by atoms with Gasteiger partial charge in [-0.2, -0.15) is 0 Å². The predicted molar refractivity (Wildman–Crippen MR) is 81.6 cm³/mol. The first kappa shape index (κ1) is 14.0. The van der Waals surface area contributed by atoms with Crippen molar-refractivity contribution in [3.05, 3.63) is 41.3 Å². The fourth-order valence-electron chi connectivity index (χ4n) is 2.35. The molecule has 1 saturated heterocycles. The molecule has 7 heteroatoms. The molecule has 1 N–H and O–H groups in total. The molecule has 2 aromatic rings. The quantitative estimate of drug-likeness (QED) is 0.923. The highest BCUT2D eigenvalue weighted by Gasteiger charge is 2.20. The van der Waals surface area contributed by atoms with Gasteiger partial charge in [0.25, 0.3) is 0 Å². The van der Waals surface area contributed by atoms with Crippen LogP contribution < -0.4 is 9.80 Å². The van der Waals surface area contributed by atoms with Gasteiger partial charge in [-0.05, 0) is 18.2 Å². The molecule has 0 amide bonds. The fraction of sp³-hybridized carbons (Fsp3) is 0.357. The highest BCUT2D eigenvalue weighted by Crippen LogP contribution is 2.21. The number of hydrogen-bond donors (Lipinski definition) is 1. The second kappa shape index (κ2) is 6.24. The van der Waals surface area contributed by atoms with E-state index in [0.29, 0.717) is 10.7 Å². The normalized spacial score (nSPS) is 15.3. The number of pyridine rings is 1. The highest BCUT2D eigenvalue weighted by atomic mass is 35.5. The Balaban J connectivity index is 1.68. The largest absolute Gasteiger partial charge is 0.390 e. The van der Waals surface area contributed by atoms with E-state index in [2.05, 4.69) is 24.8 Å². The highest BCUT2D eigenvalue weighted by molar-refractivity contribution is 6.31. The van der Waals surface area contributed by atoms with Crippen LogP contribution in [0.2, 0.25) is 5.02 Å². The van der Waals surface area contributed by atoms with Crippen LogP contribution in [0.25, 0.3) is 0 Å². The van der Waals surface area contributed by atoms with Crippen molar-refractivity contribution in [2.75, 3.05) is 36.0 Å². The Kier molecular flexibility index (Phi) is 4.17. The van der Waals surface area contributed by atoms with Gasteiger partial charge in [0, 0.05) is 38.6 Å². The van der Waals surface area contributed by atoms with E-state index in [1.54, 1.807) is 18.5 Å². The van der Waals surface area contributed by atoms with Crippen LogP contribution in [0.1, 0.15) is 5.69 Å². The summed E-state index contributed by atoms with van der Waals surface area (Å²) in [5.41, 5.74) is 0.517. The molecule has 0 unspecified atom stereocenters. The average molecular weight is 306 g/mol. The SMILES string of the molecule is OCc1nc(N2CCN(c3ncccn3)CC2)ccc1Cl. The molecule has 3 rings (SSSR count). The maximum Gasteiger partial charge on any atom is 0.225 e. The van der Waals surface area contributed by atoms with Gasteiger partial charge in [0.15, 0.2) is 0 Å². The number of nitrogens with zero attached hydrogens (tertiary/aromatic N) is 5. The lowest BCUT2D eigenvalue weighted by Crippen LogP contribution is -2.47. The molecule has 0 atom stereocenters. The van der Waals surface area contributed by atoms with Crippen LogP contribution in [-0.4, -0.2) is 46.2 Å². The van der Waals surface area contributed by atoms with Crippen molar-refractivity contribution in [3.63, 3.8) is 0 Å². The van der Waals surface area contributed by atoms with Gasteiger partial charge >= 0.3 is 0 Å². The summed E-state index contributed by atoms with van der Waals surface area (Å²) < 4.78 is 0. The fourth-order valence-corrected chi connectivity index (χ4v) is 2.51. The topological polar surface area (TPSA) is 65.4 Å². The lowest BCUT2D eigenvalue weighted by Gasteiger charge is -2.35. The number of aliphatic hydroxyl groups excluding tert-OH is 1.